The van der Waals surface area contributed by atoms with Crippen LogP contribution in [0.4, 0.5) is 4.39 Å². The lowest BCUT2D eigenvalue weighted by Crippen LogP contribution is -2.16. The first kappa shape index (κ1) is 23.0. The maximum atomic E-state index is 13.2. The van der Waals surface area contributed by atoms with Crippen LogP contribution in [0.2, 0.25) is 0 Å². The van der Waals surface area contributed by atoms with Crippen molar-refractivity contribution in [3.8, 4) is 0 Å². The number of aryl methyl sites for hydroxylation is 1. The predicted molar refractivity (Wildman–Crippen MR) is 122 cm³/mol. The molecule has 0 radical (unpaired) electrons. The van der Waals surface area contributed by atoms with Gasteiger partial charge in [0.2, 0.25) is 0 Å². The molecule has 0 aliphatic heterocycles. The van der Waals surface area contributed by atoms with Crippen molar-refractivity contribution in [3.63, 3.8) is 0 Å². The van der Waals surface area contributed by atoms with Gasteiger partial charge in [0.1, 0.15) is 5.82 Å². The second kappa shape index (κ2) is 10.5. The highest BCUT2D eigenvalue weighted by molar-refractivity contribution is 6.27. The topological polar surface area (TPSA) is 91.6 Å². The summed E-state index contributed by atoms with van der Waals surface area (Å²) in [6, 6.07) is 22.1. The number of carboxylic acid groups (broad SMARTS) is 2. The second-order valence-electron chi connectivity index (χ2n) is 7.28. The van der Waals surface area contributed by atoms with Crippen LogP contribution in [0.25, 0.3) is 21.8 Å². The highest BCUT2D eigenvalue weighted by Gasteiger charge is 2.09. The fraction of sp³-hybridized carbons (Fsp3) is 0.200. The van der Waals surface area contributed by atoms with E-state index in [1.54, 1.807) is 12.1 Å². The molecule has 32 heavy (non-hydrogen) atoms. The van der Waals surface area contributed by atoms with Crippen molar-refractivity contribution < 1.29 is 24.2 Å². The van der Waals surface area contributed by atoms with E-state index in [0.29, 0.717) is 0 Å². The van der Waals surface area contributed by atoms with Crippen molar-refractivity contribution in [2.24, 2.45) is 0 Å². The van der Waals surface area contributed by atoms with Crippen LogP contribution in [0.15, 0.2) is 66.7 Å². The molecular weight excluding hydrogens is 411 g/mol. The van der Waals surface area contributed by atoms with Crippen molar-refractivity contribution in [3.05, 3.63) is 83.7 Å². The summed E-state index contributed by atoms with van der Waals surface area (Å²) in [5.74, 6) is -3.81. The van der Waals surface area contributed by atoms with Gasteiger partial charge in [-0.15, -0.1) is 0 Å². The van der Waals surface area contributed by atoms with Gasteiger partial charge in [0.05, 0.1) is 0 Å². The maximum Gasteiger partial charge on any atom is 0.414 e. The molecule has 4 rings (SSSR count). The molecule has 1 heterocycles. The Balaban J connectivity index is 0.000000427. The normalized spacial score (nSPS) is 10.7. The average molecular weight is 436 g/mol. The second-order valence-corrected chi connectivity index (χ2v) is 7.28. The summed E-state index contributed by atoms with van der Waals surface area (Å²) >= 11 is 0. The summed E-state index contributed by atoms with van der Waals surface area (Å²) in [6.45, 7) is 4.80. The van der Waals surface area contributed by atoms with Gasteiger partial charge in [-0.3, -0.25) is 0 Å². The summed E-state index contributed by atoms with van der Waals surface area (Å²) in [7, 11) is 0. The fourth-order valence-corrected chi connectivity index (χ4v) is 3.71. The molecule has 0 unspecified atom stereocenters. The van der Waals surface area contributed by atoms with Crippen molar-refractivity contribution in [2.75, 3.05) is 6.54 Å². The summed E-state index contributed by atoms with van der Waals surface area (Å²) in [6.07, 6.45) is 0.829. The zero-order valence-electron chi connectivity index (χ0n) is 17.7. The SMILES string of the molecule is CCn1c2ccccc2c2cc(CNCCc3cccc(F)c3)ccc21.O=C(O)C(=O)O. The minimum absolute atomic E-state index is 0.166. The van der Waals surface area contributed by atoms with Crippen molar-refractivity contribution >= 4 is 33.7 Å². The maximum absolute atomic E-state index is 13.2. The molecular formula is C25H25FN2O4. The minimum atomic E-state index is -1.82. The molecule has 3 N–H and O–H groups in total. The molecule has 0 fully saturated rings. The molecule has 3 aromatic carbocycles. The first-order valence-electron chi connectivity index (χ1n) is 10.3. The van der Waals surface area contributed by atoms with Crippen LogP contribution in [0.1, 0.15) is 18.1 Å². The van der Waals surface area contributed by atoms with E-state index in [1.165, 1.54) is 33.4 Å². The number of fused-ring (bicyclic) bond motifs is 3. The standard InChI is InChI=1S/C23H23FN2.C2H2O4/c1-2-26-22-9-4-3-8-20(22)21-15-18(10-11-23(21)26)16-25-13-12-17-6-5-7-19(24)14-17;3-1(4)2(5)6/h3-11,14-15,25H,2,12-13,16H2,1H3;(H,3,4)(H,5,6). The lowest BCUT2D eigenvalue weighted by molar-refractivity contribution is -0.159. The van der Waals surface area contributed by atoms with Crippen LogP contribution < -0.4 is 5.32 Å². The molecule has 0 aliphatic rings. The van der Waals surface area contributed by atoms with Crippen LogP contribution in [0, 0.1) is 5.82 Å². The highest BCUT2D eigenvalue weighted by Crippen LogP contribution is 2.29. The molecule has 0 aliphatic carbocycles. The quantitative estimate of drug-likeness (QED) is 0.307. The van der Waals surface area contributed by atoms with E-state index < -0.39 is 11.9 Å². The first-order chi connectivity index (χ1) is 15.4. The first-order valence-corrected chi connectivity index (χ1v) is 10.3. The number of aromatic nitrogens is 1. The number of nitrogens with zero attached hydrogens (tertiary/aromatic N) is 1. The molecule has 0 saturated heterocycles. The Kier molecular flexibility index (Phi) is 7.57. The van der Waals surface area contributed by atoms with E-state index in [1.807, 2.05) is 6.07 Å². The Hall–Kier alpha value is -3.71. The summed E-state index contributed by atoms with van der Waals surface area (Å²) in [5.41, 5.74) is 4.88. The number of rotatable bonds is 6. The Morgan fingerprint density at radius 2 is 1.59 bits per heavy atom. The van der Waals surface area contributed by atoms with Gasteiger partial charge in [-0.1, -0.05) is 36.4 Å². The van der Waals surface area contributed by atoms with Crippen molar-refractivity contribution in [1.82, 2.24) is 9.88 Å². The molecule has 0 saturated carbocycles. The number of para-hydroxylation sites is 1. The Labute approximate surface area is 184 Å². The van der Waals surface area contributed by atoms with Gasteiger partial charge in [-0.25, -0.2) is 14.0 Å². The third kappa shape index (κ3) is 5.50. The molecule has 0 amide bonds. The minimum Gasteiger partial charge on any atom is -0.473 e. The van der Waals surface area contributed by atoms with Crippen LogP contribution in [-0.2, 0) is 29.1 Å². The van der Waals surface area contributed by atoms with E-state index in [-0.39, 0.29) is 5.82 Å². The number of carboxylic acids is 2. The molecule has 0 bridgehead atoms. The number of benzene rings is 3. The molecule has 0 atom stereocenters. The number of carbonyl (C=O) groups is 2. The van der Waals surface area contributed by atoms with Crippen molar-refractivity contribution in [2.45, 2.75) is 26.4 Å². The molecule has 0 spiro atoms. The van der Waals surface area contributed by atoms with E-state index in [2.05, 4.69) is 59.3 Å². The van der Waals surface area contributed by atoms with Gasteiger partial charge < -0.3 is 20.1 Å². The zero-order chi connectivity index (χ0) is 23.1. The van der Waals surface area contributed by atoms with E-state index in [4.69, 9.17) is 19.8 Å². The number of nitrogens with one attached hydrogen (secondary N) is 1. The number of hydrogen-bond donors (Lipinski definition) is 3. The molecule has 7 heteroatoms. The average Bonchev–Trinajstić information content (AvgIpc) is 3.10. The van der Waals surface area contributed by atoms with Crippen LogP contribution in [0.3, 0.4) is 0 Å². The summed E-state index contributed by atoms with van der Waals surface area (Å²) in [5, 5.41) is 20.9. The van der Waals surface area contributed by atoms with Gasteiger partial charge in [0.15, 0.2) is 0 Å². The lowest BCUT2D eigenvalue weighted by Gasteiger charge is -2.07. The van der Waals surface area contributed by atoms with Gasteiger partial charge in [0, 0.05) is 34.9 Å². The monoisotopic (exact) mass is 436 g/mol. The number of halogens is 1. The van der Waals surface area contributed by atoms with Gasteiger partial charge in [0.25, 0.3) is 0 Å². The van der Waals surface area contributed by atoms with Crippen LogP contribution in [0.5, 0.6) is 0 Å². The lowest BCUT2D eigenvalue weighted by atomic mass is 10.1. The zero-order valence-corrected chi connectivity index (χ0v) is 17.7. The summed E-state index contributed by atoms with van der Waals surface area (Å²) in [4.78, 5) is 18.2. The van der Waals surface area contributed by atoms with Gasteiger partial charge in [-0.2, -0.15) is 0 Å². The van der Waals surface area contributed by atoms with E-state index >= 15 is 0 Å². The molecule has 166 valence electrons. The van der Waals surface area contributed by atoms with Crippen LogP contribution in [-0.4, -0.2) is 33.3 Å². The van der Waals surface area contributed by atoms with Gasteiger partial charge >= 0.3 is 11.9 Å². The number of hydrogen-bond acceptors (Lipinski definition) is 3. The largest absolute Gasteiger partial charge is 0.473 e. The Morgan fingerprint density at radius 1 is 0.875 bits per heavy atom. The van der Waals surface area contributed by atoms with Crippen LogP contribution >= 0.6 is 0 Å². The predicted octanol–water partition coefficient (Wildman–Crippen LogP) is 4.44. The van der Waals surface area contributed by atoms with E-state index in [0.717, 1.165) is 31.6 Å². The molecule has 1 aromatic heterocycles. The smallest absolute Gasteiger partial charge is 0.414 e. The number of aliphatic carboxylic acids is 2. The Bertz CT molecular complexity index is 1240. The fourth-order valence-electron chi connectivity index (χ4n) is 3.71. The summed E-state index contributed by atoms with van der Waals surface area (Å²) < 4.78 is 15.6. The van der Waals surface area contributed by atoms with E-state index in [9.17, 15) is 4.39 Å². The Morgan fingerprint density at radius 3 is 2.28 bits per heavy atom. The third-order valence-corrected chi connectivity index (χ3v) is 5.14. The van der Waals surface area contributed by atoms with Crippen molar-refractivity contribution in [1.29, 1.82) is 0 Å². The van der Waals surface area contributed by atoms with Gasteiger partial charge in [-0.05, 0) is 61.3 Å². The third-order valence-electron chi connectivity index (χ3n) is 5.14. The highest BCUT2D eigenvalue weighted by atomic mass is 19.1. The molecule has 6 nitrogen and oxygen atoms in total. The molecule has 4 aromatic rings.